The molecule has 0 radical (unpaired) electrons. The van der Waals surface area contributed by atoms with Gasteiger partial charge in [0.15, 0.2) is 0 Å². The van der Waals surface area contributed by atoms with Crippen LogP contribution in [0, 0.1) is 0 Å². The predicted molar refractivity (Wildman–Crippen MR) is 78.2 cm³/mol. The highest BCUT2D eigenvalue weighted by molar-refractivity contribution is 9.10. The summed E-state index contributed by atoms with van der Waals surface area (Å²) in [4.78, 5) is 13.8. The van der Waals surface area contributed by atoms with Gasteiger partial charge in [0.1, 0.15) is 0 Å². The Hall–Kier alpha value is -1.08. The Kier molecular flexibility index (Phi) is 4.93. The van der Waals surface area contributed by atoms with Crippen LogP contribution in [0.15, 0.2) is 22.7 Å². The molecule has 1 saturated heterocycles. The normalized spacial score (nSPS) is 20.0. The lowest BCUT2D eigenvalue weighted by Crippen LogP contribution is -2.51. The van der Waals surface area contributed by atoms with Gasteiger partial charge >= 0.3 is 6.18 Å². The van der Waals surface area contributed by atoms with Crippen LogP contribution in [0.4, 0.5) is 18.9 Å². The first-order chi connectivity index (χ1) is 9.84. The lowest BCUT2D eigenvalue weighted by atomic mass is 10.0. The van der Waals surface area contributed by atoms with Crippen LogP contribution in [0.2, 0.25) is 0 Å². The number of nitrogens with one attached hydrogen (secondary N) is 1. The van der Waals surface area contributed by atoms with E-state index in [9.17, 15) is 18.0 Å². The molecule has 1 unspecified atom stereocenters. The molecule has 3 nitrogen and oxygen atoms in total. The van der Waals surface area contributed by atoms with E-state index in [1.807, 2.05) is 6.92 Å². The number of halogens is 4. The van der Waals surface area contributed by atoms with Crippen LogP contribution in [-0.4, -0.2) is 25.0 Å². The van der Waals surface area contributed by atoms with Crippen molar-refractivity contribution in [2.24, 2.45) is 0 Å². The van der Waals surface area contributed by atoms with Crippen LogP contribution in [-0.2, 0) is 11.0 Å². The van der Waals surface area contributed by atoms with Crippen LogP contribution < -0.4 is 10.2 Å². The lowest BCUT2D eigenvalue weighted by molar-refractivity contribution is -0.137. The number of carbonyl (C=O) groups excluding carboxylic acids is 1. The standard InChI is InChI=1S/C14H16BrF3N2O/c1-2-19-11-4-3-7-20(13(11)21)12-8-9(14(16,17)18)5-6-10(12)15/h5-6,8,11,19H,2-4,7H2,1H3. The van der Waals surface area contributed by atoms with Gasteiger partial charge in [-0.05, 0) is 53.5 Å². The quantitative estimate of drug-likeness (QED) is 0.888. The van der Waals surface area contributed by atoms with E-state index in [1.54, 1.807) is 0 Å². The zero-order valence-corrected chi connectivity index (χ0v) is 13.1. The van der Waals surface area contributed by atoms with Crippen molar-refractivity contribution in [1.82, 2.24) is 5.32 Å². The number of carbonyl (C=O) groups is 1. The molecule has 1 aliphatic heterocycles. The van der Waals surface area contributed by atoms with E-state index in [0.717, 1.165) is 18.6 Å². The molecule has 1 aromatic carbocycles. The molecular formula is C14H16BrF3N2O. The van der Waals surface area contributed by atoms with Gasteiger partial charge in [-0.2, -0.15) is 13.2 Å². The van der Waals surface area contributed by atoms with Crippen LogP contribution in [0.5, 0.6) is 0 Å². The Bertz CT molecular complexity index is 531. The maximum absolute atomic E-state index is 12.8. The summed E-state index contributed by atoms with van der Waals surface area (Å²) in [6.45, 7) is 2.97. The fourth-order valence-electron chi connectivity index (χ4n) is 2.45. The minimum Gasteiger partial charge on any atom is -0.310 e. The molecule has 1 atom stereocenters. The first-order valence-electron chi connectivity index (χ1n) is 6.76. The van der Waals surface area contributed by atoms with Crippen LogP contribution in [0.25, 0.3) is 0 Å². The van der Waals surface area contributed by atoms with Crippen molar-refractivity contribution in [1.29, 1.82) is 0 Å². The molecule has 1 amide bonds. The van der Waals surface area contributed by atoms with Crippen LogP contribution in [0.1, 0.15) is 25.3 Å². The van der Waals surface area contributed by atoms with Crippen molar-refractivity contribution >= 4 is 27.5 Å². The topological polar surface area (TPSA) is 32.3 Å². The highest BCUT2D eigenvalue weighted by Crippen LogP contribution is 2.36. The maximum atomic E-state index is 12.8. The summed E-state index contributed by atoms with van der Waals surface area (Å²) in [5.41, 5.74) is -0.475. The molecule has 1 N–H and O–H groups in total. The zero-order valence-electron chi connectivity index (χ0n) is 11.5. The second-order valence-electron chi connectivity index (χ2n) is 4.91. The van der Waals surface area contributed by atoms with Crippen molar-refractivity contribution in [2.45, 2.75) is 32.0 Å². The Morgan fingerprint density at radius 2 is 2.14 bits per heavy atom. The number of likely N-dealkylation sites (N-methyl/N-ethyl adjacent to an activating group) is 1. The summed E-state index contributed by atoms with van der Waals surface area (Å²) in [6.07, 6.45) is -2.96. The molecule has 116 valence electrons. The van der Waals surface area contributed by atoms with Gasteiger partial charge in [-0.3, -0.25) is 4.79 Å². The number of benzene rings is 1. The van der Waals surface area contributed by atoms with Crippen LogP contribution in [0.3, 0.4) is 0 Å². The maximum Gasteiger partial charge on any atom is 0.416 e. The molecule has 0 aromatic heterocycles. The molecule has 21 heavy (non-hydrogen) atoms. The van der Waals surface area contributed by atoms with Crippen LogP contribution >= 0.6 is 15.9 Å². The smallest absolute Gasteiger partial charge is 0.310 e. The summed E-state index contributed by atoms with van der Waals surface area (Å²) in [7, 11) is 0. The summed E-state index contributed by atoms with van der Waals surface area (Å²) in [5.74, 6) is -0.178. The summed E-state index contributed by atoms with van der Waals surface area (Å²) in [5, 5.41) is 3.07. The number of hydrogen-bond donors (Lipinski definition) is 1. The number of alkyl halides is 3. The van der Waals surface area contributed by atoms with E-state index in [2.05, 4.69) is 21.2 Å². The molecule has 0 saturated carbocycles. The molecule has 0 aliphatic carbocycles. The molecule has 0 bridgehead atoms. The first kappa shape index (κ1) is 16.3. The van der Waals surface area contributed by atoms with Gasteiger partial charge in [-0.1, -0.05) is 6.92 Å². The molecule has 7 heteroatoms. The number of nitrogens with zero attached hydrogens (tertiary/aromatic N) is 1. The van der Waals surface area contributed by atoms with Gasteiger partial charge in [-0.25, -0.2) is 0 Å². The fourth-order valence-corrected chi connectivity index (χ4v) is 2.91. The molecule has 1 aliphatic rings. The van der Waals surface area contributed by atoms with E-state index < -0.39 is 11.7 Å². The fraction of sp³-hybridized carbons (Fsp3) is 0.500. The van der Waals surface area contributed by atoms with Crippen molar-refractivity contribution in [3.05, 3.63) is 28.2 Å². The second-order valence-corrected chi connectivity index (χ2v) is 5.76. The highest BCUT2D eigenvalue weighted by Gasteiger charge is 2.34. The highest BCUT2D eigenvalue weighted by atomic mass is 79.9. The molecule has 1 aromatic rings. The Morgan fingerprint density at radius 1 is 1.43 bits per heavy atom. The molecule has 1 heterocycles. The van der Waals surface area contributed by atoms with E-state index in [0.29, 0.717) is 24.0 Å². The van der Waals surface area contributed by atoms with Gasteiger partial charge < -0.3 is 10.2 Å². The van der Waals surface area contributed by atoms with Gasteiger partial charge in [0.25, 0.3) is 0 Å². The third kappa shape index (κ3) is 3.58. The molecule has 0 spiro atoms. The molecule has 2 rings (SSSR count). The summed E-state index contributed by atoms with van der Waals surface area (Å²) >= 11 is 3.24. The van der Waals surface area contributed by atoms with E-state index in [-0.39, 0.29) is 17.6 Å². The lowest BCUT2D eigenvalue weighted by Gasteiger charge is -2.33. The van der Waals surface area contributed by atoms with Crippen molar-refractivity contribution in [3.63, 3.8) is 0 Å². The predicted octanol–water partition coefficient (Wildman–Crippen LogP) is 3.57. The van der Waals surface area contributed by atoms with E-state index in [1.165, 1.54) is 11.0 Å². The third-order valence-corrected chi connectivity index (χ3v) is 4.12. The van der Waals surface area contributed by atoms with Gasteiger partial charge in [-0.15, -0.1) is 0 Å². The largest absolute Gasteiger partial charge is 0.416 e. The van der Waals surface area contributed by atoms with Crippen molar-refractivity contribution < 1.29 is 18.0 Å². The van der Waals surface area contributed by atoms with E-state index in [4.69, 9.17) is 0 Å². The zero-order chi connectivity index (χ0) is 15.6. The molecule has 1 fully saturated rings. The minimum absolute atomic E-state index is 0.178. The van der Waals surface area contributed by atoms with Crippen molar-refractivity contribution in [3.8, 4) is 0 Å². The minimum atomic E-state index is -4.42. The number of amides is 1. The monoisotopic (exact) mass is 364 g/mol. The van der Waals surface area contributed by atoms with Gasteiger partial charge in [0.05, 0.1) is 17.3 Å². The molecular weight excluding hydrogens is 349 g/mol. The number of rotatable bonds is 3. The van der Waals surface area contributed by atoms with Gasteiger partial charge in [0.2, 0.25) is 5.91 Å². The second kappa shape index (κ2) is 6.36. The van der Waals surface area contributed by atoms with Gasteiger partial charge in [0, 0.05) is 11.0 Å². The number of anilines is 1. The average Bonchev–Trinajstić information content (AvgIpc) is 2.41. The first-order valence-corrected chi connectivity index (χ1v) is 7.55. The van der Waals surface area contributed by atoms with E-state index >= 15 is 0 Å². The Balaban J connectivity index is 2.34. The Labute approximate surface area is 129 Å². The number of hydrogen-bond acceptors (Lipinski definition) is 2. The SMILES string of the molecule is CCNC1CCCN(c2cc(C(F)(F)F)ccc2Br)C1=O. The average molecular weight is 365 g/mol. The Morgan fingerprint density at radius 3 is 2.76 bits per heavy atom. The van der Waals surface area contributed by atoms with Crippen molar-refractivity contribution in [2.75, 3.05) is 18.0 Å². The summed E-state index contributed by atoms with van der Waals surface area (Å²) in [6, 6.07) is 3.03. The summed E-state index contributed by atoms with van der Waals surface area (Å²) < 4.78 is 39.0. The third-order valence-electron chi connectivity index (χ3n) is 3.45. The number of piperidine rings is 1.